The molecule has 1 aliphatic rings. The van der Waals surface area contributed by atoms with E-state index in [2.05, 4.69) is 21.6 Å². The Morgan fingerprint density at radius 3 is 2.94 bits per heavy atom. The van der Waals surface area contributed by atoms with E-state index in [9.17, 15) is 14.9 Å². The topological polar surface area (TPSA) is 122 Å². The average Bonchev–Trinajstić information content (AvgIpc) is 3.32. The molecule has 0 bridgehead atoms. The molecule has 2 unspecified atom stereocenters. The summed E-state index contributed by atoms with van der Waals surface area (Å²) in [6.07, 6.45) is 5.85. The lowest BCUT2D eigenvalue weighted by molar-refractivity contribution is -0.125. The second-order valence-corrected chi connectivity index (χ2v) is 8.86. The van der Waals surface area contributed by atoms with Gasteiger partial charge in [-0.2, -0.15) is 10.4 Å². The summed E-state index contributed by atoms with van der Waals surface area (Å²) < 4.78 is 12.1. The molecule has 0 saturated heterocycles. The number of methoxy groups -OCH3 is 2. The number of halogens is 1. The molecule has 2 aromatic heterocycles. The number of carbonyl (C=O) groups excluding carboxylic acids is 1. The highest BCUT2D eigenvalue weighted by molar-refractivity contribution is 6.31. The third-order valence-electron chi connectivity index (χ3n) is 6.25. The summed E-state index contributed by atoms with van der Waals surface area (Å²) in [5, 5.41) is 20.1. The number of carbonyl (C=O) groups is 1. The number of aromatic nitrogens is 3. The van der Waals surface area contributed by atoms with Crippen LogP contribution in [-0.4, -0.2) is 47.5 Å². The molecule has 0 aliphatic heterocycles. The normalized spacial score (nSPS) is 15.7. The minimum Gasteiger partial charge on any atom is -0.495 e. The summed E-state index contributed by atoms with van der Waals surface area (Å²) >= 11 is 6.15. The first-order chi connectivity index (χ1) is 16.9. The Balaban J connectivity index is 1.67. The van der Waals surface area contributed by atoms with E-state index >= 15 is 0 Å². The van der Waals surface area contributed by atoms with E-state index in [0.717, 1.165) is 24.1 Å². The standard InChI is InChI=1S/C25H26ClN5O4/c1-34-8-7-22(25(33)29-18-5-6-21-16(9-18)13-28-30-21)31-14-23(35-2)20(11-24(31)32)19-10-17(26)4-3-15(19)12-27/h3-4,10-11,13-14,18,22H,5-9H2,1-2H3,(H,28,30)(H,29,33). The molecular weight excluding hydrogens is 470 g/mol. The summed E-state index contributed by atoms with van der Waals surface area (Å²) in [6.45, 7) is 0.290. The summed E-state index contributed by atoms with van der Waals surface area (Å²) in [5.74, 6) is 0.0793. The van der Waals surface area contributed by atoms with Crippen LogP contribution in [0.1, 0.15) is 35.7 Å². The van der Waals surface area contributed by atoms with Gasteiger partial charge in [-0.1, -0.05) is 11.6 Å². The highest BCUT2D eigenvalue weighted by atomic mass is 35.5. The molecule has 2 atom stereocenters. The highest BCUT2D eigenvalue weighted by Crippen LogP contribution is 2.33. The van der Waals surface area contributed by atoms with Gasteiger partial charge >= 0.3 is 0 Å². The highest BCUT2D eigenvalue weighted by Gasteiger charge is 2.28. The predicted molar refractivity (Wildman–Crippen MR) is 130 cm³/mol. The van der Waals surface area contributed by atoms with E-state index < -0.39 is 11.6 Å². The third-order valence-corrected chi connectivity index (χ3v) is 6.49. The van der Waals surface area contributed by atoms with Crippen molar-refractivity contribution in [2.45, 2.75) is 37.8 Å². The van der Waals surface area contributed by atoms with Crippen molar-refractivity contribution in [1.29, 1.82) is 5.26 Å². The quantitative estimate of drug-likeness (QED) is 0.495. The van der Waals surface area contributed by atoms with Crippen LogP contribution in [0.5, 0.6) is 5.75 Å². The lowest BCUT2D eigenvalue weighted by atomic mass is 9.93. The smallest absolute Gasteiger partial charge is 0.252 e. The van der Waals surface area contributed by atoms with Crippen LogP contribution in [0.15, 0.2) is 41.5 Å². The van der Waals surface area contributed by atoms with E-state index in [0.29, 0.717) is 40.3 Å². The zero-order valence-corrected chi connectivity index (χ0v) is 20.3. The van der Waals surface area contributed by atoms with Gasteiger partial charge in [-0.3, -0.25) is 19.3 Å². The number of amides is 1. The Kier molecular flexibility index (Phi) is 7.54. The van der Waals surface area contributed by atoms with Crippen LogP contribution < -0.4 is 15.6 Å². The van der Waals surface area contributed by atoms with Crippen molar-refractivity contribution < 1.29 is 14.3 Å². The van der Waals surface area contributed by atoms with E-state index in [1.54, 1.807) is 31.5 Å². The number of H-pyrrole nitrogens is 1. The van der Waals surface area contributed by atoms with Gasteiger partial charge in [0, 0.05) is 54.1 Å². The molecule has 0 spiro atoms. The van der Waals surface area contributed by atoms with Gasteiger partial charge in [0.15, 0.2) is 0 Å². The van der Waals surface area contributed by atoms with E-state index in [1.807, 2.05) is 0 Å². The molecule has 1 amide bonds. The number of hydrogen-bond donors (Lipinski definition) is 2. The second-order valence-electron chi connectivity index (χ2n) is 8.42. The number of nitrogens with one attached hydrogen (secondary N) is 2. The summed E-state index contributed by atoms with van der Waals surface area (Å²) in [6, 6.07) is 7.45. The van der Waals surface area contributed by atoms with Crippen LogP contribution >= 0.6 is 11.6 Å². The zero-order chi connectivity index (χ0) is 24.9. The molecule has 3 aromatic rings. The number of fused-ring (bicyclic) bond motifs is 1. The number of aryl methyl sites for hydroxylation is 1. The fourth-order valence-electron chi connectivity index (χ4n) is 4.44. The molecule has 0 radical (unpaired) electrons. The van der Waals surface area contributed by atoms with E-state index in [4.69, 9.17) is 21.1 Å². The predicted octanol–water partition coefficient (Wildman–Crippen LogP) is 3.02. The van der Waals surface area contributed by atoms with Crippen LogP contribution in [0.25, 0.3) is 11.1 Å². The van der Waals surface area contributed by atoms with Crippen molar-refractivity contribution in [3.63, 3.8) is 0 Å². The van der Waals surface area contributed by atoms with Crippen molar-refractivity contribution in [3.05, 3.63) is 68.9 Å². The summed E-state index contributed by atoms with van der Waals surface area (Å²) in [4.78, 5) is 26.6. The number of pyridine rings is 1. The fraction of sp³-hybridized carbons (Fsp3) is 0.360. The lowest BCUT2D eigenvalue weighted by Crippen LogP contribution is -2.44. The van der Waals surface area contributed by atoms with Gasteiger partial charge in [-0.05, 0) is 43.0 Å². The number of rotatable bonds is 8. The molecule has 0 saturated carbocycles. The molecule has 2 N–H and O–H groups in total. The van der Waals surface area contributed by atoms with Crippen molar-refractivity contribution in [1.82, 2.24) is 20.1 Å². The average molecular weight is 496 g/mol. The molecule has 2 heterocycles. The monoisotopic (exact) mass is 495 g/mol. The van der Waals surface area contributed by atoms with Crippen molar-refractivity contribution in [2.24, 2.45) is 0 Å². The van der Waals surface area contributed by atoms with Crippen LogP contribution in [0.4, 0.5) is 0 Å². The Bertz CT molecular complexity index is 1330. The van der Waals surface area contributed by atoms with Gasteiger partial charge in [-0.15, -0.1) is 0 Å². The molecule has 1 aromatic carbocycles. The van der Waals surface area contributed by atoms with Crippen LogP contribution in [-0.2, 0) is 22.4 Å². The Morgan fingerprint density at radius 2 is 2.20 bits per heavy atom. The molecule has 1 aliphatic carbocycles. The molecule has 182 valence electrons. The minimum absolute atomic E-state index is 0.0563. The number of nitriles is 1. The van der Waals surface area contributed by atoms with Crippen molar-refractivity contribution in [2.75, 3.05) is 20.8 Å². The van der Waals surface area contributed by atoms with Gasteiger partial charge < -0.3 is 14.8 Å². The van der Waals surface area contributed by atoms with Gasteiger partial charge in [0.1, 0.15) is 11.8 Å². The number of benzene rings is 1. The van der Waals surface area contributed by atoms with E-state index in [1.165, 1.54) is 23.9 Å². The van der Waals surface area contributed by atoms with E-state index in [-0.39, 0.29) is 18.6 Å². The Hall–Kier alpha value is -3.61. The molecular formula is C25H26ClN5O4. The molecule has 35 heavy (non-hydrogen) atoms. The first kappa shape index (κ1) is 24.5. The molecule has 10 heteroatoms. The maximum Gasteiger partial charge on any atom is 0.252 e. The first-order valence-corrected chi connectivity index (χ1v) is 11.6. The Morgan fingerprint density at radius 1 is 1.37 bits per heavy atom. The lowest BCUT2D eigenvalue weighted by Gasteiger charge is -2.27. The van der Waals surface area contributed by atoms with Crippen LogP contribution in [0, 0.1) is 11.3 Å². The van der Waals surface area contributed by atoms with Gasteiger partial charge in [0.25, 0.3) is 5.56 Å². The largest absolute Gasteiger partial charge is 0.495 e. The molecule has 9 nitrogen and oxygen atoms in total. The second kappa shape index (κ2) is 10.8. The zero-order valence-electron chi connectivity index (χ0n) is 19.5. The van der Waals surface area contributed by atoms with Gasteiger partial charge in [0.05, 0.1) is 31.1 Å². The number of hydrogen-bond acceptors (Lipinski definition) is 6. The van der Waals surface area contributed by atoms with Crippen molar-refractivity contribution >= 4 is 17.5 Å². The van der Waals surface area contributed by atoms with Crippen molar-refractivity contribution in [3.8, 4) is 22.9 Å². The van der Waals surface area contributed by atoms with Crippen LogP contribution in [0.3, 0.4) is 0 Å². The number of nitrogens with zero attached hydrogens (tertiary/aromatic N) is 3. The molecule has 4 rings (SSSR count). The SMILES string of the molecule is COCCC(C(=O)NC1CCc2[nH]ncc2C1)n1cc(OC)c(-c2cc(Cl)ccc2C#N)cc1=O. The Labute approximate surface area is 207 Å². The maximum absolute atomic E-state index is 13.4. The number of aromatic amines is 1. The summed E-state index contributed by atoms with van der Waals surface area (Å²) in [5.41, 5.74) is 3.06. The first-order valence-electron chi connectivity index (χ1n) is 11.3. The van der Waals surface area contributed by atoms with Gasteiger partial charge in [0.2, 0.25) is 5.91 Å². The molecule has 0 fully saturated rings. The third kappa shape index (κ3) is 5.24. The maximum atomic E-state index is 13.4. The van der Waals surface area contributed by atoms with Gasteiger partial charge in [-0.25, -0.2) is 0 Å². The number of ether oxygens (including phenoxy) is 2. The van der Waals surface area contributed by atoms with Crippen LogP contribution in [0.2, 0.25) is 5.02 Å². The summed E-state index contributed by atoms with van der Waals surface area (Å²) in [7, 11) is 3.02. The minimum atomic E-state index is -0.800. The fourth-order valence-corrected chi connectivity index (χ4v) is 4.62.